The lowest BCUT2D eigenvalue weighted by atomic mass is 10.0. The SMILES string of the molecule is CN(C)C1CCN(Cc2cc(CNC(C)(C)C)no2)CC1. The Bertz CT molecular complexity index is 428. The molecule has 120 valence electrons. The minimum atomic E-state index is 0.104. The molecule has 0 bridgehead atoms. The Labute approximate surface area is 128 Å². The van der Waals surface area contributed by atoms with Gasteiger partial charge in [-0.2, -0.15) is 0 Å². The van der Waals surface area contributed by atoms with Crippen LogP contribution in [0, 0.1) is 0 Å². The molecule has 1 aromatic heterocycles. The van der Waals surface area contributed by atoms with Crippen LogP contribution in [0.4, 0.5) is 0 Å². The second-order valence-corrected chi connectivity index (χ2v) is 7.36. The molecule has 0 aromatic carbocycles. The summed E-state index contributed by atoms with van der Waals surface area (Å²) in [6.07, 6.45) is 2.47. The fraction of sp³-hybridized carbons (Fsp3) is 0.812. The van der Waals surface area contributed by atoms with E-state index in [-0.39, 0.29) is 5.54 Å². The lowest BCUT2D eigenvalue weighted by Gasteiger charge is -2.34. The highest BCUT2D eigenvalue weighted by Crippen LogP contribution is 2.17. The van der Waals surface area contributed by atoms with Crippen molar-refractivity contribution in [1.29, 1.82) is 0 Å². The lowest BCUT2D eigenvalue weighted by molar-refractivity contribution is 0.131. The van der Waals surface area contributed by atoms with Gasteiger partial charge in [0.15, 0.2) is 5.76 Å². The highest BCUT2D eigenvalue weighted by molar-refractivity contribution is 5.05. The standard InChI is InChI=1S/C16H30N4O/c1-16(2,3)17-11-13-10-15(21-18-13)12-20-8-6-14(7-9-20)19(4)5/h10,14,17H,6-9,11-12H2,1-5H3. The van der Waals surface area contributed by atoms with E-state index in [1.54, 1.807) is 0 Å². The van der Waals surface area contributed by atoms with Gasteiger partial charge < -0.3 is 14.7 Å². The molecule has 0 unspecified atom stereocenters. The molecule has 0 amide bonds. The lowest BCUT2D eigenvalue weighted by Crippen LogP contribution is -2.41. The van der Waals surface area contributed by atoms with E-state index in [1.165, 1.54) is 12.8 Å². The third-order valence-electron chi connectivity index (χ3n) is 4.07. The van der Waals surface area contributed by atoms with E-state index >= 15 is 0 Å². The molecule has 1 aliphatic rings. The largest absolute Gasteiger partial charge is 0.360 e. The topological polar surface area (TPSA) is 44.5 Å². The summed E-state index contributed by atoms with van der Waals surface area (Å²) in [5.74, 6) is 0.976. The Balaban J connectivity index is 1.78. The average Bonchev–Trinajstić information content (AvgIpc) is 2.84. The molecular weight excluding hydrogens is 264 g/mol. The molecule has 1 fully saturated rings. The van der Waals surface area contributed by atoms with Crippen molar-refractivity contribution in [2.45, 2.75) is 58.3 Å². The first-order valence-electron chi connectivity index (χ1n) is 7.92. The summed E-state index contributed by atoms with van der Waals surface area (Å²) in [5.41, 5.74) is 1.09. The van der Waals surface area contributed by atoms with Crippen molar-refractivity contribution in [2.24, 2.45) is 0 Å². The van der Waals surface area contributed by atoms with Crippen LogP contribution in [0.2, 0.25) is 0 Å². The molecule has 0 aliphatic carbocycles. The predicted octanol–water partition coefficient (Wildman–Crippen LogP) is 2.09. The summed E-state index contributed by atoms with van der Waals surface area (Å²) in [6.45, 7) is 10.4. The fourth-order valence-electron chi connectivity index (χ4n) is 2.68. The molecule has 0 radical (unpaired) electrons. The maximum absolute atomic E-state index is 5.46. The van der Waals surface area contributed by atoms with Crippen LogP contribution in [-0.4, -0.2) is 53.7 Å². The summed E-state index contributed by atoms with van der Waals surface area (Å²) in [7, 11) is 4.34. The van der Waals surface area contributed by atoms with E-state index in [0.29, 0.717) is 0 Å². The first-order chi connectivity index (χ1) is 9.83. The average molecular weight is 294 g/mol. The van der Waals surface area contributed by atoms with Crippen molar-refractivity contribution in [2.75, 3.05) is 27.2 Å². The first-order valence-corrected chi connectivity index (χ1v) is 7.92. The van der Waals surface area contributed by atoms with Gasteiger partial charge in [0.2, 0.25) is 0 Å². The minimum Gasteiger partial charge on any atom is -0.360 e. The molecule has 1 saturated heterocycles. The summed E-state index contributed by atoms with van der Waals surface area (Å²) in [5, 5.41) is 7.59. The van der Waals surface area contributed by atoms with Gasteiger partial charge >= 0.3 is 0 Å². The highest BCUT2D eigenvalue weighted by Gasteiger charge is 2.21. The van der Waals surface area contributed by atoms with Gasteiger partial charge in [0.1, 0.15) is 0 Å². The third kappa shape index (κ3) is 5.41. The van der Waals surface area contributed by atoms with Crippen molar-refractivity contribution in [3.8, 4) is 0 Å². The van der Waals surface area contributed by atoms with Gasteiger partial charge in [0.05, 0.1) is 12.2 Å². The van der Waals surface area contributed by atoms with Gasteiger partial charge in [-0.15, -0.1) is 0 Å². The van der Waals surface area contributed by atoms with Crippen LogP contribution < -0.4 is 5.32 Å². The number of nitrogens with zero attached hydrogens (tertiary/aromatic N) is 3. The van der Waals surface area contributed by atoms with Gasteiger partial charge in [-0.3, -0.25) is 4.90 Å². The maximum atomic E-state index is 5.46. The Hall–Kier alpha value is -0.910. The third-order valence-corrected chi connectivity index (χ3v) is 4.07. The summed E-state index contributed by atoms with van der Waals surface area (Å²) >= 11 is 0. The van der Waals surface area contributed by atoms with Crippen molar-refractivity contribution in [3.63, 3.8) is 0 Å². The molecule has 0 atom stereocenters. The Morgan fingerprint density at radius 1 is 1.33 bits per heavy atom. The first kappa shape index (κ1) is 16.5. The maximum Gasteiger partial charge on any atom is 0.151 e. The molecule has 2 rings (SSSR count). The molecule has 2 heterocycles. The van der Waals surface area contributed by atoms with Crippen LogP contribution >= 0.6 is 0 Å². The number of aromatic nitrogens is 1. The van der Waals surface area contributed by atoms with Crippen LogP contribution in [0.5, 0.6) is 0 Å². The number of nitrogens with one attached hydrogen (secondary N) is 1. The second kappa shape index (κ2) is 6.90. The monoisotopic (exact) mass is 294 g/mol. The molecule has 1 aromatic rings. The highest BCUT2D eigenvalue weighted by atomic mass is 16.5. The van der Waals surface area contributed by atoms with Crippen LogP contribution in [-0.2, 0) is 13.1 Å². The molecule has 5 nitrogen and oxygen atoms in total. The van der Waals surface area contributed by atoms with E-state index in [9.17, 15) is 0 Å². The van der Waals surface area contributed by atoms with E-state index in [2.05, 4.69) is 61.2 Å². The minimum absolute atomic E-state index is 0.104. The molecule has 21 heavy (non-hydrogen) atoms. The Morgan fingerprint density at radius 2 is 2.00 bits per heavy atom. The predicted molar refractivity (Wildman–Crippen MR) is 85.1 cm³/mol. The zero-order chi connectivity index (χ0) is 15.5. The molecule has 1 N–H and O–H groups in total. The zero-order valence-electron chi connectivity index (χ0n) is 14.1. The van der Waals surface area contributed by atoms with Crippen LogP contribution in [0.15, 0.2) is 10.6 Å². The number of piperidine rings is 1. The van der Waals surface area contributed by atoms with E-state index < -0.39 is 0 Å². The summed E-state index contributed by atoms with van der Waals surface area (Å²) in [4.78, 5) is 4.80. The van der Waals surface area contributed by atoms with Gasteiger partial charge in [-0.1, -0.05) is 5.16 Å². The second-order valence-electron chi connectivity index (χ2n) is 7.36. The van der Waals surface area contributed by atoms with E-state index in [0.717, 1.165) is 43.7 Å². The van der Waals surface area contributed by atoms with E-state index in [4.69, 9.17) is 4.52 Å². The molecule has 5 heteroatoms. The Morgan fingerprint density at radius 3 is 2.57 bits per heavy atom. The zero-order valence-corrected chi connectivity index (χ0v) is 14.1. The van der Waals surface area contributed by atoms with Gasteiger partial charge in [0, 0.05) is 37.3 Å². The van der Waals surface area contributed by atoms with Gasteiger partial charge in [0.25, 0.3) is 0 Å². The van der Waals surface area contributed by atoms with Crippen molar-refractivity contribution in [1.82, 2.24) is 20.3 Å². The smallest absolute Gasteiger partial charge is 0.151 e. The quantitative estimate of drug-likeness (QED) is 0.901. The normalized spacial score (nSPS) is 18.6. The number of likely N-dealkylation sites (tertiary alicyclic amines) is 1. The Kier molecular flexibility index (Phi) is 5.41. The van der Waals surface area contributed by atoms with Crippen LogP contribution in [0.25, 0.3) is 0 Å². The molecular formula is C16H30N4O. The van der Waals surface area contributed by atoms with E-state index in [1.807, 2.05) is 0 Å². The van der Waals surface area contributed by atoms with Crippen LogP contribution in [0.3, 0.4) is 0 Å². The summed E-state index contributed by atoms with van der Waals surface area (Å²) in [6, 6.07) is 2.80. The van der Waals surface area contributed by atoms with Gasteiger partial charge in [-0.05, 0) is 47.7 Å². The van der Waals surface area contributed by atoms with Crippen molar-refractivity contribution < 1.29 is 4.52 Å². The van der Waals surface area contributed by atoms with Gasteiger partial charge in [-0.25, -0.2) is 0 Å². The van der Waals surface area contributed by atoms with Crippen molar-refractivity contribution in [3.05, 3.63) is 17.5 Å². The molecule has 0 spiro atoms. The van der Waals surface area contributed by atoms with Crippen LogP contribution in [0.1, 0.15) is 45.1 Å². The summed E-state index contributed by atoms with van der Waals surface area (Å²) < 4.78 is 5.46. The fourth-order valence-corrected chi connectivity index (χ4v) is 2.68. The molecule has 1 aliphatic heterocycles. The molecule has 0 saturated carbocycles. The number of hydrogen-bond donors (Lipinski definition) is 1. The number of hydrogen-bond acceptors (Lipinski definition) is 5. The van der Waals surface area contributed by atoms with Crippen molar-refractivity contribution >= 4 is 0 Å². The number of rotatable bonds is 5.